The van der Waals surface area contributed by atoms with Crippen molar-refractivity contribution in [3.63, 3.8) is 0 Å². The molecule has 20 heavy (non-hydrogen) atoms. The van der Waals surface area contributed by atoms with Gasteiger partial charge in [0, 0.05) is 16.9 Å². The Morgan fingerprint density at radius 1 is 1.30 bits per heavy atom. The van der Waals surface area contributed by atoms with Crippen LogP contribution >= 0.6 is 12.0 Å². The highest BCUT2D eigenvalue weighted by atomic mass is 32.2. The van der Waals surface area contributed by atoms with Crippen molar-refractivity contribution in [2.45, 2.75) is 49.5 Å². The van der Waals surface area contributed by atoms with E-state index >= 15 is 0 Å². The quantitative estimate of drug-likeness (QED) is 0.754. The Morgan fingerprint density at radius 3 is 2.85 bits per heavy atom. The van der Waals surface area contributed by atoms with E-state index in [1.54, 1.807) is 0 Å². The van der Waals surface area contributed by atoms with E-state index < -0.39 is 6.10 Å². The lowest BCUT2D eigenvalue weighted by atomic mass is 9.90. The number of rotatable bonds is 7. The lowest BCUT2D eigenvalue weighted by molar-refractivity contribution is 0.170. The van der Waals surface area contributed by atoms with Gasteiger partial charge in [0.1, 0.15) is 0 Å². The highest BCUT2D eigenvalue weighted by Crippen LogP contribution is 2.28. The minimum Gasteiger partial charge on any atom is -0.388 e. The zero-order valence-electron chi connectivity index (χ0n) is 12.0. The molecule has 0 spiro atoms. The van der Waals surface area contributed by atoms with Gasteiger partial charge < -0.3 is 15.0 Å². The van der Waals surface area contributed by atoms with Crippen LogP contribution < -0.4 is 5.73 Å². The SMILES string of the molecule is NCCC(O)c1cccc(SOCC2CCCCC2)c1. The Kier molecular flexibility index (Phi) is 6.87. The van der Waals surface area contributed by atoms with Gasteiger partial charge in [-0.3, -0.25) is 0 Å². The van der Waals surface area contributed by atoms with Gasteiger partial charge in [-0.25, -0.2) is 0 Å². The fraction of sp³-hybridized carbons (Fsp3) is 0.625. The Balaban J connectivity index is 1.78. The molecule has 1 aliphatic rings. The molecule has 4 heteroatoms. The van der Waals surface area contributed by atoms with E-state index in [2.05, 4.69) is 0 Å². The number of benzene rings is 1. The number of aliphatic hydroxyl groups is 1. The van der Waals surface area contributed by atoms with Gasteiger partial charge in [-0.2, -0.15) is 0 Å². The molecule has 1 aliphatic carbocycles. The minimum absolute atomic E-state index is 0.473. The summed E-state index contributed by atoms with van der Waals surface area (Å²) in [6.45, 7) is 1.33. The smallest absolute Gasteiger partial charge is 0.0802 e. The molecule has 0 aromatic heterocycles. The second kappa shape index (κ2) is 8.67. The Bertz CT molecular complexity index is 394. The van der Waals surface area contributed by atoms with Gasteiger partial charge >= 0.3 is 0 Å². The Labute approximate surface area is 126 Å². The molecular formula is C16H25NO2S. The second-order valence-corrected chi connectivity index (χ2v) is 6.41. The third kappa shape index (κ3) is 5.09. The van der Waals surface area contributed by atoms with Gasteiger partial charge in [-0.1, -0.05) is 31.4 Å². The fourth-order valence-electron chi connectivity index (χ4n) is 2.65. The third-order valence-electron chi connectivity index (χ3n) is 3.87. The maximum absolute atomic E-state index is 9.94. The normalized spacial score (nSPS) is 18.1. The zero-order valence-corrected chi connectivity index (χ0v) is 12.8. The number of aliphatic hydroxyl groups excluding tert-OH is 1. The summed E-state index contributed by atoms with van der Waals surface area (Å²) < 4.78 is 5.76. The monoisotopic (exact) mass is 295 g/mol. The highest BCUT2D eigenvalue weighted by Gasteiger charge is 2.14. The summed E-state index contributed by atoms with van der Waals surface area (Å²) in [6, 6.07) is 7.91. The number of hydrogen-bond acceptors (Lipinski definition) is 4. The average molecular weight is 295 g/mol. The van der Waals surface area contributed by atoms with Crippen LogP contribution in [-0.4, -0.2) is 18.3 Å². The second-order valence-electron chi connectivity index (χ2n) is 5.54. The minimum atomic E-state index is -0.473. The Hall–Kier alpha value is -0.550. The van der Waals surface area contributed by atoms with E-state index in [0.29, 0.717) is 13.0 Å². The summed E-state index contributed by atoms with van der Waals surface area (Å²) in [7, 11) is 0. The molecule has 1 atom stereocenters. The van der Waals surface area contributed by atoms with E-state index in [1.807, 2.05) is 24.3 Å². The van der Waals surface area contributed by atoms with Crippen LogP contribution in [0.5, 0.6) is 0 Å². The van der Waals surface area contributed by atoms with Gasteiger partial charge in [0.2, 0.25) is 0 Å². The van der Waals surface area contributed by atoms with Crippen molar-refractivity contribution in [2.75, 3.05) is 13.2 Å². The van der Waals surface area contributed by atoms with Crippen LogP contribution in [0.2, 0.25) is 0 Å². The first-order chi connectivity index (χ1) is 9.79. The average Bonchev–Trinajstić information content (AvgIpc) is 2.49. The van der Waals surface area contributed by atoms with E-state index in [4.69, 9.17) is 9.92 Å². The zero-order chi connectivity index (χ0) is 14.2. The maximum Gasteiger partial charge on any atom is 0.0802 e. The largest absolute Gasteiger partial charge is 0.388 e. The van der Waals surface area contributed by atoms with Crippen molar-refractivity contribution in [3.8, 4) is 0 Å². The van der Waals surface area contributed by atoms with E-state index in [-0.39, 0.29) is 0 Å². The van der Waals surface area contributed by atoms with Crippen LogP contribution in [0.3, 0.4) is 0 Å². The Morgan fingerprint density at radius 2 is 2.10 bits per heavy atom. The predicted molar refractivity (Wildman–Crippen MR) is 83.5 cm³/mol. The predicted octanol–water partition coefficient (Wildman–Crippen LogP) is 3.67. The first kappa shape index (κ1) is 15.8. The van der Waals surface area contributed by atoms with Crippen molar-refractivity contribution in [1.82, 2.24) is 0 Å². The molecule has 0 saturated heterocycles. The summed E-state index contributed by atoms with van der Waals surface area (Å²) in [5.74, 6) is 0.724. The van der Waals surface area contributed by atoms with Crippen LogP contribution in [-0.2, 0) is 4.18 Å². The molecule has 112 valence electrons. The van der Waals surface area contributed by atoms with E-state index in [0.717, 1.165) is 23.0 Å². The van der Waals surface area contributed by atoms with Crippen LogP contribution in [0.25, 0.3) is 0 Å². The molecule has 0 amide bonds. The molecule has 0 bridgehead atoms. The van der Waals surface area contributed by atoms with Crippen molar-refractivity contribution in [3.05, 3.63) is 29.8 Å². The van der Waals surface area contributed by atoms with Gasteiger partial charge in [0.15, 0.2) is 0 Å². The molecule has 1 aromatic rings. The lowest BCUT2D eigenvalue weighted by Crippen LogP contribution is -2.11. The fourth-order valence-corrected chi connectivity index (χ4v) is 3.37. The summed E-state index contributed by atoms with van der Waals surface area (Å²) in [6.07, 6.45) is 6.80. The molecule has 1 fully saturated rings. The lowest BCUT2D eigenvalue weighted by Gasteiger charge is -2.20. The summed E-state index contributed by atoms with van der Waals surface area (Å²) in [5, 5.41) is 9.94. The van der Waals surface area contributed by atoms with Gasteiger partial charge in [-0.15, -0.1) is 0 Å². The standard InChI is InChI=1S/C16H25NO2S/c17-10-9-16(18)14-7-4-8-15(11-14)20-19-12-13-5-2-1-3-6-13/h4,7-8,11,13,16,18H,1-3,5-6,9-10,12,17H2. The summed E-state index contributed by atoms with van der Waals surface area (Å²) >= 11 is 1.42. The number of nitrogens with two attached hydrogens (primary N) is 1. The van der Waals surface area contributed by atoms with Gasteiger partial charge in [0.25, 0.3) is 0 Å². The van der Waals surface area contributed by atoms with Crippen LogP contribution in [0, 0.1) is 5.92 Å². The molecule has 3 nitrogen and oxygen atoms in total. The van der Waals surface area contributed by atoms with Gasteiger partial charge in [0.05, 0.1) is 12.7 Å². The van der Waals surface area contributed by atoms with Crippen LogP contribution in [0.1, 0.15) is 50.2 Å². The first-order valence-electron chi connectivity index (χ1n) is 7.57. The molecule has 0 aliphatic heterocycles. The molecule has 2 rings (SSSR count). The molecule has 0 heterocycles. The molecule has 3 N–H and O–H groups in total. The van der Waals surface area contributed by atoms with E-state index in [1.165, 1.54) is 44.1 Å². The highest BCUT2D eigenvalue weighted by molar-refractivity contribution is 7.94. The number of hydrogen-bond donors (Lipinski definition) is 2. The molecule has 1 aromatic carbocycles. The summed E-state index contributed by atoms with van der Waals surface area (Å²) in [5.41, 5.74) is 6.40. The van der Waals surface area contributed by atoms with Crippen molar-refractivity contribution in [2.24, 2.45) is 11.7 Å². The molecule has 0 radical (unpaired) electrons. The molecule has 1 unspecified atom stereocenters. The van der Waals surface area contributed by atoms with E-state index in [9.17, 15) is 5.11 Å². The molecular weight excluding hydrogens is 270 g/mol. The first-order valence-corrected chi connectivity index (χ1v) is 8.31. The summed E-state index contributed by atoms with van der Waals surface area (Å²) in [4.78, 5) is 1.05. The van der Waals surface area contributed by atoms with Crippen molar-refractivity contribution in [1.29, 1.82) is 0 Å². The van der Waals surface area contributed by atoms with Crippen molar-refractivity contribution >= 4 is 12.0 Å². The molecule has 1 saturated carbocycles. The van der Waals surface area contributed by atoms with Gasteiger partial charge in [-0.05, 0) is 49.4 Å². The topological polar surface area (TPSA) is 55.5 Å². The van der Waals surface area contributed by atoms with Crippen LogP contribution in [0.15, 0.2) is 29.2 Å². The van der Waals surface area contributed by atoms with Crippen molar-refractivity contribution < 1.29 is 9.29 Å². The third-order valence-corrected chi connectivity index (χ3v) is 4.57. The van der Waals surface area contributed by atoms with Crippen LogP contribution in [0.4, 0.5) is 0 Å². The maximum atomic E-state index is 9.94.